The fourth-order valence-electron chi connectivity index (χ4n) is 1.23. The maximum atomic E-state index is 11.8. The number of ether oxygens (including phenoxy) is 3. The van der Waals surface area contributed by atoms with Crippen molar-refractivity contribution in [1.29, 1.82) is 0 Å². The summed E-state index contributed by atoms with van der Waals surface area (Å²) >= 11 is 0. The van der Waals surface area contributed by atoms with Crippen LogP contribution in [0.15, 0.2) is 12.7 Å². The summed E-state index contributed by atoms with van der Waals surface area (Å²) in [5.74, 6) is -3.13. The molecule has 0 rings (SSSR count). The Kier molecular flexibility index (Phi) is 6.70. The van der Waals surface area contributed by atoms with Crippen LogP contribution in [0.1, 0.15) is 20.8 Å². The van der Waals surface area contributed by atoms with E-state index in [-0.39, 0.29) is 19.8 Å². The monoisotopic (exact) mass is 258 g/mol. The minimum absolute atomic E-state index is 0.0211. The molecular weight excluding hydrogens is 240 g/mol. The van der Waals surface area contributed by atoms with Gasteiger partial charge < -0.3 is 14.2 Å². The Morgan fingerprint density at radius 2 is 1.17 bits per heavy atom. The molecular formula is C12H18O6. The molecule has 6 heteroatoms. The smallest absolute Gasteiger partial charge is 0.339 e. The molecule has 18 heavy (non-hydrogen) atoms. The quantitative estimate of drug-likeness (QED) is 0.291. The molecule has 6 nitrogen and oxygen atoms in total. The van der Waals surface area contributed by atoms with Crippen molar-refractivity contribution in [3.8, 4) is 0 Å². The Bertz CT molecular complexity index is 288. The van der Waals surface area contributed by atoms with E-state index in [4.69, 9.17) is 14.2 Å². The lowest BCUT2D eigenvalue weighted by Crippen LogP contribution is -2.48. The van der Waals surface area contributed by atoms with Gasteiger partial charge in [0.05, 0.1) is 19.8 Å². The maximum absolute atomic E-state index is 11.8. The molecule has 0 amide bonds. The van der Waals surface area contributed by atoms with Crippen molar-refractivity contribution in [3.63, 3.8) is 0 Å². The van der Waals surface area contributed by atoms with E-state index in [9.17, 15) is 14.4 Å². The van der Waals surface area contributed by atoms with Gasteiger partial charge >= 0.3 is 17.9 Å². The average Bonchev–Trinajstić information content (AvgIpc) is 2.31. The third-order valence-corrected chi connectivity index (χ3v) is 2.10. The third-order valence-electron chi connectivity index (χ3n) is 2.10. The zero-order chi connectivity index (χ0) is 14.2. The zero-order valence-corrected chi connectivity index (χ0v) is 10.9. The molecule has 0 heterocycles. The van der Waals surface area contributed by atoms with E-state index >= 15 is 0 Å². The molecule has 0 spiro atoms. The first-order valence-corrected chi connectivity index (χ1v) is 5.66. The number of hydrogen-bond donors (Lipinski definition) is 0. The molecule has 0 N–H and O–H groups in total. The van der Waals surface area contributed by atoms with Crippen LogP contribution in [0.2, 0.25) is 0 Å². The van der Waals surface area contributed by atoms with Gasteiger partial charge in [0.2, 0.25) is 0 Å². The lowest BCUT2D eigenvalue weighted by molar-refractivity contribution is -0.179. The minimum atomic E-state index is -2.25. The molecule has 0 unspecified atom stereocenters. The van der Waals surface area contributed by atoms with Crippen LogP contribution in [-0.4, -0.2) is 37.7 Å². The summed E-state index contributed by atoms with van der Waals surface area (Å²) in [4.78, 5) is 35.5. The predicted molar refractivity (Wildman–Crippen MR) is 62.5 cm³/mol. The van der Waals surface area contributed by atoms with Gasteiger partial charge in [-0.25, -0.2) is 14.4 Å². The highest BCUT2D eigenvalue weighted by atomic mass is 16.6. The van der Waals surface area contributed by atoms with Crippen molar-refractivity contribution in [3.05, 3.63) is 12.7 Å². The normalized spacial score (nSPS) is 10.4. The topological polar surface area (TPSA) is 78.9 Å². The molecule has 102 valence electrons. The van der Waals surface area contributed by atoms with Crippen LogP contribution in [0.4, 0.5) is 0 Å². The van der Waals surface area contributed by atoms with Crippen LogP contribution in [0.25, 0.3) is 0 Å². The number of esters is 3. The Morgan fingerprint density at radius 3 is 1.33 bits per heavy atom. The molecule has 0 aliphatic heterocycles. The first-order chi connectivity index (χ1) is 8.50. The third kappa shape index (κ3) is 3.09. The van der Waals surface area contributed by atoms with Crippen molar-refractivity contribution in [1.82, 2.24) is 0 Å². The van der Waals surface area contributed by atoms with E-state index in [2.05, 4.69) is 6.58 Å². The van der Waals surface area contributed by atoms with Gasteiger partial charge in [0.15, 0.2) is 0 Å². The number of carbonyl (C=O) groups excluding carboxylic acids is 3. The summed E-state index contributed by atoms with van der Waals surface area (Å²) in [7, 11) is 0. The van der Waals surface area contributed by atoms with Gasteiger partial charge in [-0.3, -0.25) is 0 Å². The molecule has 0 aromatic heterocycles. The first kappa shape index (κ1) is 16.1. The lowest BCUT2D eigenvalue weighted by Gasteiger charge is -2.23. The fraction of sp³-hybridized carbons (Fsp3) is 0.583. The van der Waals surface area contributed by atoms with Gasteiger partial charge in [-0.05, 0) is 20.8 Å². The average molecular weight is 258 g/mol. The van der Waals surface area contributed by atoms with Crippen molar-refractivity contribution in [2.24, 2.45) is 5.41 Å². The van der Waals surface area contributed by atoms with Gasteiger partial charge in [0, 0.05) is 0 Å². The van der Waals surface area contributed by atoms with Gasteiger partial charge in [-0.2, -0.15) is 0 Å². The standard InChI is InChI=1S/C12H18O6/c1-5-12(9(13)16-6-2,10(14)17-7-3)11(15)18-8-4/h5H,1,6-8H2,2-4H3. The minimum Gasteiger partial charge on any atom is -0.464 e. The van der Waals surface area contributed by atoms with Crippen molar-refractivity contribution in [2.45, 2.75) is 20.8 Å². The van der Waals surface area contributed by atoms with Crippen molar-refractivity contribution < 1.29 is 28.6 Å². The summed E-state index contributed by atoms with van der Waals surface area (Å²) < 4.78 is 14.2. The summed E-state index contributed by atoms with van der Waals surface area (Å²) in [5, 5.41) is 0. The van der Waals surface area contributed by atoms with Crippen molar-refractivity contribution >= 4 is 17.9 Å². The van der Waals surface area contributed by atoms with E-state index in [1.165, 1.54) is 0 Å². The van der Waals surface area contributed by atoms with Gasteiger partial charge in [0.1, 0.15) is 0 Å². The van der Waals surface area contributed by atoms with E-state index < -0.39 is 23.3 Å². The summed E-state index contributed by atoms with van der Waals surface area (Å²) in [6.07, 6.45) is 0.890. The summed E-state index contributed by atoms with van der Waals surface area (Å²) in [5.41, 5.74) is -2.25. The molecule has 0 aromatic rings. The van der Waals surface area contributed by atoms with Gasteiger partial charge in [0.25, 0.3) is 5.41 Å². The molecule has 0 fully saturated rings. The predicted octanol–water partition coefficient (Wildman–Crippen LogP) is 0.848. The Morgan fingerprint density at radius 1 is 0.889 bits per heavy atom. The number of carbonyl (C=O) groups is 3. The van der Waals surface area contributed by atoms with Crippen LogP contribution in [0.5, 0.6) is 0 Å². The largest absolute Gasteiger partial charge is 0.464 e. The van der Waals surface area contributed by atoms with Crippen LogP contribution >= 0.6 is 0 Å². The second-order valence-electron chi connectivity index (χ2n) is 3.17. The summed E-state index contributed by atoms with van der Waals surface area (Å²) in [6, 6.07) is 0. The molecule has 0 aliphatic carbocycles. The molecule has 0 aromatic carbocycles. The zero-order valence-electron chi connectivity index (χ0n) is 10.9. The Labute approximate surface area is 106 Å². The SMILES string of the molecule is C=CC(C(=O)OCC)(C(=O)OCC)C(=O)OCC. The van der Waals surface area contributed by atoms with Gasteiger partial charge in [-0.1, -0.05) is 6.08 Å². The second kappa shape index (κ2) is 7.47. The van der Waals surface area contributed by atoms with Crippen LogP contribution in [-0.2, 0) is 28.6 Å². The summed E-state index contributed by atoms with van der Waals surface area (Å²) in [6.45, 7) is 8.08. The molecule has 0 radical (unpaired) electrons. The maximum Gasteiger partial charge on any atom is 0.339 e. The Hall–Kier alpha value is -1.85. The van der Waals surface area contributed by atoms with Crippen LogP contribution in [0, 0.1) is 5.41 Å². The fourth-order valence-corrected chi connectivity index (χ4v) is 1.23. The van der Waals surface area contributed by atoms with Crippen LogP contribution in [0.3, 0.4) is 0 Å². The second-order valence-corrected chi connectivity index (χ2v) is 3.17. The molecule has 0 atom stereocenters. The van der Waals surface area contributed by atoms with E-state index in [0.717, 1.165) is 6.08 Å². The highest BCUT2D eigenvalue weighted by molar-refractivity contribution is 6.20. The number of hydrogen-bond acceptors (Lipinski definition) is 6. The molecule has 0 bridgehead atoms. The van der Waals surface area contributed by atoms with Crippen molar-refractivity contribution in [2.75, 3.05) is 19.8 Å². The van der Waals surface area contributed by atoms with E-state index in [1.54, 1.807) is 20.8 Å². The van der Waals surface area contributed by atoms with E-state index in [0.29, 0.717) is 0 Å². The Balaban J connectivity index is 5.45. The molecule has 0 saturated heterocycles. The first-order valence-electron chi connectivity index (χ1n) is 5.66. The molecule has 0 aliphatic rings. The van der Waals surface area contributed by atoms with E-state index in [1.807, 2.05) is 0 Å². The van der Waals surface area contributed by atoms with Crippen LogP contribution < -0.4 is 0 Å². The molecule has 0 saturated carbocycles. The van der Waals surface area contributed by atoms with Gasteiger partial charge in [-0.15, -0.1) is 6.58 Å². The number of rotatable bonds is 7. The highest BCUT2D eigenvalue weighted by Gasteiger charge is 2.55. The lowest BCUT2D eigenvalue weighted by atomic mass is 9.88. The highest BCUT2D eigenvalue weighted by Crippen LogP contribution is 2.25.